The number of H-pyrrole nitrogens is 1. The lowest BCUT2D eigenvalue weighted by Gasteiger charge is -2.12. The minimum Gasteiger partial charge on any atom is -0.477 e. The Morgan fingerprint density at radius 3 is 2.42 bits per heavy atom. The third-order valence-corrected chi connectivity index (χ3v) is 6.14. The first-order valence-electron chi connectivity index (χ1n) is 10.4. The Morgan fingerprint density at radius 1 is 0.970 bits per heavy atom. The first kappa shape index (κ1) is 21.3. The van der Waals surface area contributed by atoms with Crippen molar-refractivity contribution in [2.75, 3.05) is 0 Å². The van der Waals surface area contributed by atoms with Crippen molar-refractivity contribution >= 4 is 40.1 Å². The van der Waals surface area contributed by atoms with E-state index in [1.165, 1.54) is 0 Å². The molecule has 2 N–H and O–H groups in total. The lowest BCUT2D eigenvalue weighted by Crippen LogP contribution is -2.06. The number of carboxylic acids is 1. The van der Waals surface area contributed by atoms with Crippen molar-refractivity contribution in [1.29, 1.82) is 0 Å². The highest BCUT2D eigenvalue weighted by Crippen LogP contribution is 2.39. The van der Waals surface area contributed by atoms with Crippen LogP contribution < -0.4 is 0 Å². The van der Waals surface area contributed by atoms with E-state index in [1.807, 2.05) is 65.2 Å². The molecule has 0 aliphatic heterocycles. The molecule has 0 radical (unpaired) electrons. The van der Waals surface area contributed by atoms with E-state index >= 15 is 0 Å². The van der Waals surface area contributed by atoms with Gasteiger partial charge in [0.25, 0.3) is 0 Å². The second-order valence-corrected chi connectivity index (χ2v) is 8.62. The number of carbonyl (C=O) groups is 1. The highest BCUT2D eigenvalue weighted by Gasteiger charge is 2.25. The summed E-state index contributed by atoms with van der Waals surface area (Å²) >= 11 is 12.2. The molecule has 5 nitrogen and oxygen atoms in total. The normalized spacial score (nSPS) is 11.2. The molecule has 0 bridgehead atoms. The molecule has 0 unspecified atom stereocenters. The van der Waals surface area contributed by atoms with Crippen LogP contribution in [0.1, 0.15) is 16.1 Å². The molecule has 2 heterocycles. The fourth-order valence-electron chi connectivity index (χ4n) is 4.10. The fraction of sp³-hybridized carbons (Fsp3) is 0.0769. The summed E-state index contributed by atoms with van der Waals surface area (Å²) in [5.41, 5.74) is 4.90. The molecule has 0 aliphatic carbocycles. The number of hydrogen-bond donors (Lipinski definition) is 2. The molecule has 0 saturated heterocycles. The topological polar surface area (TPSA) is 70.9 Å². The number of aryl methyl sites for hydroxylation is 2. The maximum Gasteiger partial charge on any atom is 0.353 e. The summed E-state index contributed by atoms with van der Waals surface area (Å²) in [7, 11) is 0. The smallest absolute Gasteiger partial charge is 0.353 e. The van der Waals surface area contributed by atoms with Gasteiger partial charge in [0.15, 0.2) is 0 Å². The van der Waals surface area contributed by atoms with Gasteiger partial charge >= 0.3 is 5.97 Å². The van der Waals surface area contributed by atoms with Crippen LogP contribution in [0.25, 0.3) is 33.4 Å². The Morgan fingerprint density at radius 2 is 1.70 bits per heavy atom. The largest absolute Gasteiger partial charge is 0.477 e. The van der Waals surface area contributed by atoms with E-state index in [1.54, 1.807) is 18.5 Å². The zero-order valence-corrected chi connectivity index (χ0v) is 18.9. The summed E-state index contributed by atoms with van der Waals surface area (Å²) < 4.78 is 2.01. The zero-order valence-electron chi connectivity index (χ0n) is 17.4. The lowest BCUT2D eigenvalue weighted by atomic mass is 10.0. The number of nitrogens with zero attached hydrogens (tertiary/aromatic N) is 2. The Hall–Kier alpha value is -3.54. The molecule has 33 heavy (non-hydrogen) atoms. The van der Waals surface area contributed by atoms with Crippen LogP contribution in [0, 0.1) is 0 Å². The molecule has 7 heteroatoms. The Labute approximate surface area is 200 Å². The van der Waals surface area contributed by atoms with Gasteiger partial charge in [-0.05, 0) is 36.2 Å². The number of fused-ring (bicyclic) bond motifs is 1. The summed E-state index contributed by atoms with van der Waals surface area (Å²) in [6, 6.07) is 22.9. The van der Waals surface area contributed by atoms with Crippen LogP contribution in [0.5, 0.6) is 0 Å². The molecule has 0 saturated carbocycles. The van der Waals surface area contributed by atoms with E-state index in [9.17, 15) is 9.90 Å². The van der Waals surface area contributed by atoms with Crippen molar-refractivity contribution in [3.63, 3.8) is 0 Å². The zero-order chi connectivity index (χ0) is 22.9. The van der Waals surface area contributed by atoms with Crippen LogP contribution in [-0.2, 0) is 13.0 Å². The maximum atomic E-state index is 12.2. The van der Waals surface area contributed by atoms with E-state index in [0.29, 0.717) is 27.7 Å². The van der Waals surface area contributed by atoms with Gasteiger partial charge < -0.3 is 14.7 Å². The van der Waals surface area contributed by atoms with E-state index in [-0.39, 0.29) is 5.69 Å². The van der Waals surface area contributed by atoms with Crippen LogP contribution >= 0.6 is 23.2 Å². The highest BCUT2D eigenvalue weighted by molar-refractivity contribution is 6.31. The van der Waals surface area contributed by atoms with Crippen LogP contribution in [0.2, 0.25) is 10.0 Å². The highest BCUT2D eigenvalue weighted by atomic mass is 35.5. The van der Waals surface area contributed by atoms with Crippen LogP contribution in [0.15, 0.2) is 79.1 Å². The second kappa shape index (κ2) is 8.77. The maximum absolute atomic E-state index is 12.2. The van der Waals surface area contributed by atoms with Crippen LogP contribution in [-0.4, -0.2) is 25.6 Å². The number of halogens is 2. The van der Waals surface area contributed by atoms with Crippen molar-refractivity contribution in [1.82, 2.24) is 14.5 Å². The predicted octanol–water partition coefficient (Wildman–Crippen LogP) is 6.95. The van der Waals surface area contributed by atoms with Gasteiger partial charge in [-0.15, -0.1) is 0 Å². The van der Waals surface area contributed by atoms with Gasteiger partial charge in [-0.2, -0.15) is 0 Å². The van der Waals surface area contributed by atoms with E-state index in [0.717, 1.165) is 34.3 Å². The lowest BCUT2D eigenvalue weighted by molar-refractivity contribution is 0.0692. The number of aromatic amines is 1. The van der Waals surface area contributed by atoms with E-state index < -0.39 is 5.97 Å². The number of imidazole rings is 1. The summed E-state index contributed by atoms with van der Waals surface area (Å²) in [5.74, 6) is -1.04. The van der Waals surface area contributed by atoms with Gasteiger partial charge in [-0.3, -0.25) is 0 Å². The molecular formula is C26H19Cl2N3O2. The predicted molar refractivity (Wildman–Crippen MR) is 132 cm³/mol. The first-order valence-corrected chi connectivity index (χ1v) is 11.2. The summed E-state index contributed by atoms with van der Waals surface area (Å²) in [6.45, 7) is 0.621. The van der Waals surface area contributed by atoms with Crippen molar-refractivity contribution in [3.05, 3.63) is 100 Å². The van der Waals surface area contributed by atoms with Crippen molar-refractivity contribution in [3.8, 4) is 22.5 Å². The van der Waals surface area contributed by atoms with Crippen molar-refractivity contribution in [2.45, 2.75) is 13.0 Å². The Balaban J connectivity index is 1.70. The first-order chi connectivity index (χ1) is 16.0. The number of carboxylic acid groups (broad SMARTS) is 1. The Kier molecular flexibility index (Phi) is 5.67. The number of aromatic nitrogens is 3. The minimum atomic E-state index is -1.04. The second-order valence-electron chi connectivity index (χ2n) is 7.75. The minimum absolute atomic E-state index is 0.109. The summed E-state index contributed by atoms with van der Waals surface area (Å²) in [6.07, 6.45) is 2.51. The molecule has 0 aliphatic rings. The van der Waals surface area contributed by atoms with Gasteiger partial charge in [0.05, 0.1) is 17.7 Å². The molecule has 0 spiro atoms. The van der Waals surface area contributed by atoms with Gasteiger partial charge in [-0.1, -0.05) is 71.7 Å². The molecule has 5 rings (SSSR count). The van der Waals surface area contributed by atoms with Gasteiger partial charge in [-0.25, -0.2) is 9.78 Å². The number of nitrogens with one attached hydrogen (secondary N) is 1. The van der Waals surface area contributed by atoms with Gasteiger partial charge in [0.1, 0.15) is 5.69 Å². The molecular weight excluding hydrogens is 457 g/mol. The van der Waals surface area contributed by atoms with Gasteiger partial charge in [0, 0.05) is 38.6 Å². The monoisotopic (exact) mass is 475 g/mol. The molecule has 2 aromatic heterocycles. The summed E-state index contributed by atoms with van der Waals surface area (Å²) in [4.78, 5) is 20.0. The fourth-order valence-corrected chi connectivity index (χ4v) is 4.40. The molecule has 164 valence electrons. The van der Waals surface area contributed by atoms with E-state index in [4.69, 9.17) is 28.2 Å². The quantitative estimate of drug-likeness (QED) is 0.279. The standard InChI is InChI=1S/C26H19Cl2N3O2/c27-18-8-6-16(7-9-18)12-13-31-15-29-23(17-4-2-1-3-5-17)25(31)22-20-11-10-19(28)14-21(20)30-24(22)26(32)33/h1-11,14-15,30H,12-13H2,(H,32,33). The third kappa shape index (κ3) is 4.13. The van der Waals surface area contributed by atoms with E-state index in [2.05, 4.69) is 4.98 Å². The number of hydrogen-bond acceptors (Lipinski definition) is 2. The van der Waals surface area contributed by atoms with Crippen LogP contribution in [0.3, 0.4) is 0 Å². The summed E-state index contributed by atoms with van der Waals surface area (Å²) in [5, 5.41) is 12.0. The molecule has 0 fully saturated rings. The molecule has 0 atom stereocenters. The average molecular weight is 476 g/mol. The molecule has 0 amide bonds. The number of aromatic carboxylic acids is 1. The van der Waals surface area contributed by atoms with Crippen molar-refractivity contribution in [2.24, 2.45) is 0 Å². The van der Waals surface area contributed by atoms with Crippen molar-refractivity contribution < 1.29 is 9.90 Å². The van der Waals surface area contributed by atoms with Crippen LogP contribution in [0.4, 0.5) is 0 Å². The number of rotatable bonds is 6. The molecule has 5 aromatic rings. The Bertz CT molecular complexity index is 1450. The average Bonchev–Trinajstić information content (AvgIpc) is 3.40. The molecule has 3 aromatic carbocycles. The third-order valence-electron chi connectivity index (χ3n) is 5.65. The number of benzene rings is 3. The SMILES string of the molecule is O=C(O)c1[nH]c2cc(Cl)ccc2c1-c1c(-c2ccccc2)ncn1CCc1ccc(Cl)cc1. The van der Waals surface area contributed by atoms with Gasteiger partial charge in [0.2, 0.25) is 0 Å².